The van der Waals surface area contributed by atoms with E-state index >= 15 is 0 Å². The number of amides is 2. The molecular formula is C22H26FN3O4. The quantitative estimate of drug-likeness (QED) is 0.748. The molecule has 8 heteroatoms. The molecule has 2 aromatic rings. The second-order valence-electron chi connectivity index (χ2n) is 6.99. The van der Waals surface area contributed by atoms with E-state index in [-0.39, 0.29) is 30.7 Å². The number of halogens is 1. The van der Waals surface area contributed by atoms with E-state index in [9.17, 15) is 14.0 Å². The zero-order valence-corrected chi connectivity index (χ0v) is 17.2. The van der Waals surface area contributed by atoms with Crippen LogP contribution in [0, 0.1) is 5.82 Å². The fourth-order valence-corrected chi connectivity index (χ4v) is 3.34. The fraction of sp³-hybridized carbons (Fsp3) is 0.364. The highest BCUT2D eigenvalue weighted by Gasteiger charge is 2.24. The van der Waals surface area contributed by atoms with Gasteiger partial charge in [0, 0.05) is 38.3 Å². The molecule has 3 rings (SSSR count). The summed E-state index contributed by atoms with van der Waals surface area (Å²) < 4.78 is 23.8. The molecule has 1 fully saturated rings. The SMILES string of the molecule is COc1ccc(C(=O)N(CC(=O)N2CCNCC2)Cc2ccc(F)cc2)cc1OC. The normalized spacial score (nSPS) is 13.6. The Hall–Kier alpha value is -3.13. The number of methoxy groups -OCH3 is 2. The van der Waals surface area contributed by atoms with Gasteiger partial charge in [0.05, 0.1) is 14.2 Å². The number of carbonyl (C=O) groups is 2. The number of benzene rings is 2. The molecule has 7 nitrogen and oxygen atoms in total. The highest BCUT2D eigenvalue weighted by atomic mass is 19.1. The standard InChI is InChI=1S/C22H26FN3O4/c1-29-19-8-5-17(13-20(19)30-2)22(28)26(14-16-3-6-18(23)7-4-16)15-21(27)25-11-9-24-10-12-25/h3-8,13,24H,9-12,14-15H2,1-2H3. The molecule has 0 saturated carbocycles. The highest BCUT2D eigenvalue weighted by molar-refractivity contribution is 5.97. The Kier molecular flexibility index (Phi) is 7.24. The van der Waals surface area contributed by atoms with Crippen molar-refractivity contribution < 1.29 is 23.5 Å². The number of piperazine rings is 1. The third kappa shape index (κ3) is 5.27. The van der Waals surface area contributed by atoms with Crippen LogP contribution in [0.15, 0.2) is 42.5 Å². The van der Waals surface area contributed by atoms with Crippen LogP contribution in [0.1, 0.15) is 15.9 Å². The minimum atomic E-state index is -0.353. The van der Waals surface area contributed by atoms with E-state index in [1.807, 2.05) is 0 Å². The van der Waals surface area contributed by atoms with Crippen molar-refractivity contribution in [3.8, 4) is 11.5 Å². The average Bonchev–Trinajstić information content (AvgIpc) is 2.79. The zero-order chi connectivity index (χ0) is 21.5. The number of nitrogens with one attached hydrogen (secondary N) is 1. The number of nitrogens with zero attached hydrogens (tertiary/aromatic N) is 2. The molecule has 1 saturated heterocycles. The van der Waals surface area contributed by atoms with E-state index in [0.717, 1.165) is 18.7 Å². The maximum Gasteiger partial charge on any atom is 0.254 e. The molecule has 0 bridgehead atoms. The van der Waals surface area contributed by atoms with Crippen molar-refractivity contribution in [2.24, 2.45) is 0 Å². The minimum absolute atomic E-state index is 0.0649. The first-order chi connectivity index (χ1) is 14.5. The molecule has 2 aromatic carbocycles. The van der Waals surface area contributed by atoms with E-state index < -0.39 is 0 Å². The predicted octanol–water partition coefficient (Wildman–Crippen LogP) is 1.92. The number of carbonyl (C=O) groups excluding carboxylic acids is 2. The van der Waals surface area contributed by atoms with Crippen molar-refractivity contribution in [2.45, 2.75) is 6.54 Å². The van der Waals surface area contributed by atoms with Gasteiger partial charge in [-0.3, -0.25) is 9.59 Å². The van der Waals surface area contributed by atoms with Crippen LogP contribution in [0.4, 0.5) is 4.39 Å². The lowest BCUT2D eigenvalue weighted by molar-refractivity contribution is -0.132. The van der Waals surface area contributed by atoms with Crippen molar-refractivity contribution in [3.05, 3.63) is 59.4 Å². The number of hydrogen-bond donors (Lipinski definition) is 1. The summed E-state index contributed by atoms with van der Waals surface area (Å²) in [6.07, 6.45) is 0. The van der Waals surface area contributed by atoms with Crippen LogP contribution in [0.2, 0.25) is 0 Å². The summed E-state index contributed by atoms with van der Waals surface area (Å²) >= 11 is 0. The van der Waals surface area contributed by atoms with E-state index in [1.165, 1.54) is 31.3 Å². The van der Waals surface area contributed by atoms with Gasteiger partial charge in [-0.15, -0.1) is 0 Å². The monoisotopic (exact) mass is 415 g/mol. The molecule has 0 aliphatic carbocycles. The number of hydrogen-bond acceptors (Lipinski definition) is 5. The molecule has 1 heterocycles. The largest absolute Gasteiger partial charge is 0.493 e. The molecule has 0 spiro atoms. The topological polar surface area (TPSA) is 71.1 Å². The van der Waals surface area contributed by atoms with Crippen molar-refractivity contribution in [1.29, 1.82) is 0 Å². The summed E-state index contributed by atoms with van der Waals surface area (Å²) in [6.45, 7) is 2.79. The Balaban J connectivity index is 1.84. The van der Waals surface area contributed by atoms with E-state index in [1.54, 1.807) is 35.2 Å². The summed E-state index contributed by atoms with van der Waals surface area (Å²) in [6, 6.07) is 10.8. The first kappa shape index (κ1) is 21.6. The zero-order valence-electron chi connectivity index (χ0n) is 17.2. The molecule has 0 atom stereocenters. The second-order valence-corrected chi connectivity index (χ2v) is 6.99. The first-order valence-corrected chi connectivity index (χ1v) is 9.76. The van der Waals surface area contributed by atoms with Gasteiger partial charge < -0.3 is 24.6 Å². The fourth-order valence-electron chi connectivity index (χ4n) is 3.34. The summed E-state index contributed by atoms with van der Waals surface area (Å²) in [7, 11) is 3.02. The van der Waals surface area contributed by atoms with E-state index in [0.29, 0.717) is 30.2 Å². The van der Waals surface area contributed by atoms with Crippen LogP contribution in [0.5, 0.6) is 11.5 Å². The molecule has 1 N–H and O–H groups in total. The van der Waals surface area contributed by atoms with Gasteiger partial charge in [0.2, 0.25) is 5.91 Å². The van der Waals surface area contributed by atoms with Crippen LogP contribution >= 0.6 is 0 Å². The molecule has 30 heavy (non-hydrogen) atoms. The van der Waals surface area contributed by atoms with Crippen molar-refractivity contribution in [1.82, 2.24) is 15.1 Å². The van der Waals surface area contributed by atoms with Crippen LogP contribution in [0.3, 0.4) is 0 Å². The van der Waals surface area contributed by atoms with Crippen LogP contribution < -0.4 is 14.8 Å². The average molecular weight is 415 g/mol. The molecule has 1 aliphatic heterocycles. The Morgan fingerprint density at radius 3 is 2.33 bits per heavy atom. The second kappa shape index (κ2) is 10.1. The van der Waals surface area contributed by atoms with E-state index in [2.05, 4.69) is 5.32 Å². The van der Waals surface area contributed by atoms with Crippen LogP contribution in [-0.4, -0.2) is 68.6 Å². The Morgan fingerprint density at radius 2 is 1.70 bits per heavy atom. The third-order valence-corrected chi connectivity index (χ3v) is 5.00. The molecule has 0 aromatic heterocycles. The molecule has 0 radical (unpaired) electrons. The summed E-state index contributed by atoms with van der Waals surface area (Å²) in [4.78, 5) is 29.3. The molecular weight excluding hydrogens is 389 g/mol. The van der Waals surface area contributed by atoms with Gasteiger partial charge in [0.25, 0.3) is 5.91 Å². The van der Waals surface area contributed by atoms with Gasteiger partial charge in [-0.1, -0.05) is 12.1 Å². The summed E-state index contributed by atoms with van der Waals surface area (Å²) in [5.74, 6) is 0.152. The minimum Gasteiger partial charge on any atom is -0.493 e. The van der Waals surface area contributed by atoms with Gasteiger partial charge in [-0.2, -0.15) is 0 Å². The third-order valence-electron chi connectivity index (χ3n) is 5.00. The first-order valence-electron chi connectivity index (χ1n) is 9.76. The predicted molar refractivity (Wildman–Crippen MR) is 110 cm³/mol. The van der Waals surface area contributed by atoms with Crippen molar-refractivity contribution >= 4 is 11.8 Å². The lowest BCUT2D eigenvalue weighted by Crippen LogP contribution is -2.50. The molecule has 160 valence electrons. The lowest BCUT2D eigenvalue weighted by atomic mass is 10.1. The smallest absolute Gasteiger partial charge is 0.254 e. The maximum atomic E-state index is 13.3. The van der Waals surface area contributed by atoms with Crippen molar-refractivity contribution in [2.75, 3.05) is 46.9 Å². The Labute approximate surface area is 175 Å². The van der Waals surface area contributed by atoms with Crippen molar-refractivity contribution in [3.63, 3.8) is 0 Å². The Bertz CT molecular complexity index is 882. The van der Waals surface area contributed by atoms with E-state index in [4.69, 9.17) is 9.47 Å². The van der Waals surface area contributed by atoms with Gasteiger partial charge in [0.1, 0.15) is 12.4 Å². The number of ether oxygens (including phenoxy) is 2. The van der Waals surface area contributed by atoms with Crippen LogP contribution in [-0.2, 0) is 11.3 Å². The molecule has 2 amide bonds. The van der Waals surface area contributed by atoms with Crippen LogP contribution in [0.25, 0.3) is 0 Å². The number of rotatable bonds is 7. The lowest BCUT2D eigenvalue weighted by Gasteiger charge is -2.30. The Morgan fingerprint density at radius 1 is 1.03 bits per heavy atom. The molecule has 1 aliphatic rings. The van der Waals surface area contributed by atoms with Gasteiger partial charge in [0.15, 0.2) is 11.5 Å². The van der Waals surface area contributed by atoms with Gasteiger partial charge in [-0.25, -0.2) is 4.39 Å². The van der Waals surface area contributed by atoms with Gasteiger partial charge in [-0.05, 0) is 35.9 Å². The summed E-state index contributed by atoms with van der Waals surface area (Å²) in [5.41, 5.74) is 1.11. The highest BCUT2D eigenvalue weighted by Crippen LogP contribution is 2.28. The van der Waals surface area contributed by atoms with Gasteiger partial charge >= 0.3 is 0 Å². The maximum absolute atomic E-state index is 13.3. The summed E-state index contributed by atoms with van der Waals surface area (Å²) in [5, 5.41) is 3.20. The molecule has 0 unspecified atom stereocenters.